The fraction of sp³-hybridized carbons (Fsp3) is 0.545. The van der Waals surface area contributed by atoms with Gasteiger partial charge < -0.3 is 4.74 Å². The summed E-state index contributed by atoms with van der Waals surface area (Å²) in [5.41, 5.74) is 1.26. The lowest BCUT2D eigenvalue weighted by molar-refractivity contribution is 0.298. The molecule has 1 saturated carbocycles. The van der Waals surface area contributed by atoms with E-state index in [1.807, 2.05) is 12.3 Å². The molecule has 0 amide bonds. The number of ether oxygens (including phenoxy) is 1. The van der Waals surface area contributed by atoms with Crippen molar-refractivity contribution < 1.29 is 4.74 Å². The topological polar surface area (TPSA) is 22.1 Å². The molecule has 0 radical (unpaired) electrons. The van der Waals surface area contributed by atoms with Crippen LogP contribution in [0.4, 0.5) is 0 Å². The maximum atomic E-state index is 5.84. The van der Waals surface area contributed by atoms with Gasteiger partial charge >= 0.3 is 0 Å². The molecular weight excluding hydrogens is 194 g/mol. The second-order valence-electron chi connectivity index (χ2n) is 3.47. The van der Waals surface area contributed by atoms with E-state index in [0.717, 1.165) is 17.2 Å². The highest BCUT2D eigenvalue weighted by molar-refractivity contribution is 7.98. The molecule has 0 spiro atoms. The van der Waals surface area contributed by atoms with Crippen LogP contribution in [0.15, 0.2) is 17.3 Å². The molecule has 1 aromatic rings. The highest BCUT2D eigenvalue weighted by atomic mass is 32.2. The van der Waals surface area contributed by atoms with Gasteiger partial charge in [-0.1, -0.05) is 6.92 Å². The van der Waals surface area contributed by atoms with Gasteiger partial charge in [-0.15, -0.1) is 11.8 Å². The summed E-state index contributed by atoms with van der Waals surface area (Å²) in [6.07, 6.45) is 7.77. The van der Waals surface area contributed by atoms with Crippen molar-refractivity contribution in [3.8, 4) is 5.75 Å². The predicted octanol–water partition coefficient (Wildman–Crippen LogP) is 2.91. The minimum atomic E-state index is 0.470. The summed E-state index contributed by atoms with van der Waals surface area (Å²) in [4.78, 5) is 4.34. The van der Waals surface area contributed by atoms with Gasteiger partial charge in [0.1, 0.15) is 10.8 Å². The van der Waals surface area contributed by atoms with Crippen LogP contribution in [0.1, 0.15) is 25.3 Å². The molecule has 76 valence electrons. The lowest BCUT2D eigenvalue weighted by Gasteiger charge is -2.11. The number of rotatable bonds is 4. The summed E-state index contributed by atoms with van der Waals surface area (Å²) < 4.78 is 5.84. The first-order valence-electron chi connectivity index (χ1n) is 5.03. The summed E-state index contributed by atoms with van der Waals surface area (Å²) in [5, 5.41) is 1.10. The number of nitrogens with zero attached hydrogens (tertiary/aromatic N) is 1. The molecule has 1 aliphatic carbocycles. The van der Waals surface area contributed by atoms with Gasteiger partial charge in [-0.3, -0.25) is 0 Å². The SMILES string of the molecule is CCc1c(OC2CC2)ccnc1SC. The molecule has 2 nitrogen and oxygen atoms in total. The van der Waals surface area contributed by atoms with Crippen molar-refractivity contribution >= 4 is 11.8 Å². The minimum Gasteiger partial charge on any atom is -0.490 e. The number of hydrogen-bond donors (Lipinski definition) is 0. The van der Waals surface area contributed by atoms with Crippen LogP contribution in [0.5, 0.6) is 5.75 Å². The molecule has 0 unspecified atom stereocenters. The number of aromatic nitrogens is 1. The Morgan fingerprint density at radius 1 is 1.57 bits per heavy atom. The van der Waals surface area contributed by atoms with E-state index in [1.165, 1.54) is 18.4 Å². The van der Waals surface area contributed by atoms with E-state index in [9.17, 15) is 0 Å². The third-order valence-electron chi connectivity index (χ3n) is 2.34. The van der Waals surface area contributed by atoms with Crippen molar-refractivity contribution in [3.63, 3.8) is 0 Å². The summed E-state index contributed by atoms with van der Waals surface area (Å²) in [7, 11) is 0. The van der Waals surface area contributed by atoms with E-state index in [0.29, 0.717) is 6.10 Å². The first-order chi connectivity index (χ1) is 6.85. The summed E-state index contributed by atoms with van der Waals surface area (Å²) in [6, 6.07) is 1.98. The van der Waals surface area contributed by atoms with Crippen LogP contribution in [-0.4, -0.2) is 17.3 Å². The Kier molecular flexibility index (Phi) is 2.96. The normalized spacial score (nSPS) is 15.6. The Morgan fingerprint density at radius 2 is 2.36 bits per heavy atom. The fourth-order valence-electron chi connectivity index (χ4n) is 1.43. The lowest BCUT2D eigenvalue weighted by Crippen LogP contribution is -2.01. The number of pyridine rings is 1. The molecule has 0 aliphatic heterocycles. The molecule has 3 heteroatoms. The quantitative estimate of drug-likeness (QED) is 0.712. The minimum absolute atomic E-state index is 0.470. The zero-order chi connectivity index (χ0) is 9.97. The van der Waals surface area contributed by atoms with Crippen molar-refractivity contribution in [2.75, 3.05) is 6.26 Å². The molecule has 0 atom stereocenters. The molecular formula is C11H15NOS. The third-order valence-corrected chi connectivity index (χ3v) is 3.08. The smallest absolute Gasteiger partial charge is 0.127 e. The van der Waals surface area contributed by atoms with E-state index >= 15 is 0 Å². The summed E-state index contributed by atoms with van der Waals surface area (Å²) in [6.45, 7) is 2.15. The maximum absolute atomic E-state index is 5.84. The summed E-state index contributed by atoms with van der Waals surface area (Å²) in [5.74, 6) is 1.04. The van der Waals surface area contributed by atoms with Crippen molar-refractivity contribution in [2.45, 2.75) is 37.3 Å². The molecule has 1 heterocycles. The van der Waals surface area contributed by atoms with E-state index in [2.05, 4.69) is 18.2 Å². The second-order valence-corrected chi connectivity index (χ2v) is 4.26. The molecule has 0 N–H and O–H groups in total. The number of hydrogen-bond acceptors (Lipinski definition) is 3. The highest BCUT2D eigenvalue weighted by Gasteiger charge is 2.24. The van der Waals surface area contributed by atoms with Gasteiger partial charge in [0.25, 0.3) is 0 Å². The van der Waals surface area contributed by atoms with Crippen LogP contribution in [0.2, 0.25) is 0 Å². The van der Waals surface area contributed by atoms with Crippen LogP contribution >= 0.6 is 11.8 Å². The van der Waals surface area contributed by atoms with Crippen LogP contribution in [0.25, 0.3) is 0 Å². The van der Waals surface area contributed by atoms with Gasteiger partial charge in [-0.25, -0.2) is 4.98 Å². The maximum Gasteiger partial charge on any atom is 0.127 e. The molecule has 2 rings (SSSR count). The molecule has 1 fully saturated rings. The average Bonchev–Trinajstić information content (AvgIpc) is 3.01. The Hall–Kier alpha value is -0.700. The standard InChI is InChI=1S/C11H15NOS/c1-3-9-10(13-8-4-5-8)6-7-12-11(9)14-2/h6-8H,3-5H2,1-2H3. The molecule has 0 saturated heterocycles. The van der Waals surface area contributed by atoms with E-state index in [1.54, 1.807) is 11.8 Å². The van der Waals surface area contributed by atoms with E-state index < -0.39 is 0 Å². The van der Waals surface area contributed by atoms with Crippen LogP contribution < -0.4 is 4.74 Å². The Labute approximate surface area is 89.1 Å². The Bertz CT molecular complexity index is 323. The van der Waals surface area contributed by atoms with Crippen molar-refractivity contribution in [2.24, 2.45) is 0 Å². The van der Waals surface area contributed by atoms with Crippen molar-refractivity contribution in [3.05, 3.63) is 17.8 Å². The van der Waals surface area contributed by atoms with Crippen molar-refractivity contribution in [1.82, 2.24) is 4.98 Å². The molecule has 1 aromatic heterocycles. The van der Waals surface area contributed by atoms with Crippen molar-refractivity contribution in [1.29, 1.82) is 0 Å². The molecule has 1 aliphatic rings. The molecule has 0 bridgehead atoms. The van der Waals surface area contributed by atoms with Gasteiger partial charge in [-0.2, -0.15) is 0 Å². The first kappa shape index (κ1) is 9.84. The summed E-state index contributed by atoms with van der Waals surface area (Å²) >= 11 is 1.69. The number of thioether (sulfide) groups is 1. The van der Waals surface area contributed by atoms with Crippen LogP contribution in [-0.2, 0) is 6.42 Å². The van der Waals surface area contributed by atoms with Gasteiger partial charge in [0.05, 0.1) is 6.10 Å². The largest absolute Gasteiger partial charge is 0.490 e. The van der Waals surface area contributed by atoms with E-state index in [-0.39, 0.29) is 0 Å². The highest BCUT2D eigenvalue weighted by Crippen LogP contribution is 2.32. The second kappa shape index (κ2) is 4.22. The third kappa shape index (κ3) is 2.03. The first-order valence-corrected chi connectivity index (χ1v) is 6.26. The average molecular weight is 209 g/mol. The lowest BCUT2D eigenvalue weighted by atomic mass is 10.2. The predicted molar refractivity (Wildman–Crippen MR) is 59.0 cm³/mol. The van der Waals surface area contributed by atoms with E-state index in [4.69, 9.17) is 4.74 Å². The molecule has 0 aromatic carbocycles. The Balaban J connectivity index is 2.26. The van der Waals surface area contributed by atoms with Gasteiger partial charge in [0, 0.05) is 11.8 Å². The van der Waals surface area contributed by atoms with Gasteiger partial charge in [-0.05, 0) is 31.6 Å². The van der Waals surface area contributed by atoms with Crippen LogP contribution in [0.3, 0.4) is 0 Å². The van der Waals surface area contributed by atoms with Gasteiger partial charge in [0.2, 0.25) is 0 Å². The molecule has 14 heavy (non-hydrogen) atoms. The Morgan fingerprint density at radius 3 is 2.93 bits per heavy atom. The van der Waals surface area contributed by atoms with Crippen LogP contribution in [0, 0.1) is 0 Å². The zero-order valence-electron chi connectivity index (χ0n) is 8.62. The monoisotopic (exact) mass is 209 g/mol. The fourth-order valence-corrected chi connectivity index (χ4v) is 2.09. The van der Waals surface area contributed by atoms with Gasteiger partial charge in [0.15, 0.2) is 0 Å². The zero-order valence-corrected chi connectivity index (χ0v) is 9.43.